The molecule has 4 atom stereocenters. The van der Waals surface area contributed by atoms with Gasteiger partial charge in [-0.25, -0.2) is 0 Å². The van der Waals surface area contributed by atoms with Crippen LogP contribution in [-0.4, -0.2) is 12.1 Å². The molecule has 68 valence electrons. The van der Waals surface area contributed by atoms with Crippen molar-refractivity contribution in [3.8, 4) is 0 Å². The first-order chi connectivity index (χ1) is 5.66. The lowest BCUT2D eigenvalue weighted by Crippen LogP contribution is -2.27. The number of hydrogen-bond acceptors (Lipinski definition) is 2. The van der Waals surface area contributed by atoms with E-state index in [1.54, 1.807) is 0 Å². The lowest BCUT2D eigenvalue weighted by molar-refractivity contribution is -0.149. The van der Waals surface area contributed by atoms with Crippen molar-refractivity contribution in [3.63, 3.8) is 0 Å². The summed E-state index contributed by atoms with van der Waals surface area (Å²) < 4.78 is 5.28. The fourth-order valence-electron chi connectivity index (χ4n) is 2.98. The number of carbonyl (C=O) groups is 1. The molecule has 12 heavy (non-hydrogen) atoms. The number of carbonyl (C=O) groups excluding carboxylic acids is 1. The van der Waals surface area contributed by atoms with E-state index in [1.165, 1.54) is 19.8 Å². The van der Waals surface area contributed by atoms with Gasteiger partial charge in [-0.15, -0.1) is 0 Å². The Morgan fingerprint density at radius 1 is 1.33 bits per heavy atom. The van der Waals surface area contributed by atoms with E-state index in [-0.39, 0.29) is 12.1 Å². The van der Waals surface area contributed by atoms with Crippen LogP contribution in [-0.2, 0) is 9.53 Å². The summed E-state index contributed by atoms with van der Waals surface area (Å²) in [7, 11) is 0. The summed E-state index contributed by atoms with van der Waals surface area (Å²) in [4.78, 5) is 10.8. The third-order valence-corrected chi connectivity index (χ3v) is 3.40. The van der Waals surface area contributed by atoms with E-state index in [0.29, 0.717) is 5.92 Å². The molecule has 0 saturated heterocycles. The Hall–Kier alpha value is -0.530. The fraction of sp³-hybridized carbons (Fsp3) is 0.900. The molecule has 2 nitrogen and oxygen atoms in total. The largest absolute Gasteiger partial charge is 0.462 e. The van der Waals surface area contributed by atoms with Crippen molar-refractivity contribution in [1.82, 2.24) is 0 Å². The summed E-state index contributed by atoms with van der Waals surface area (Å²) in [5, 5.41) is 0. The first kappa shape index (κ1) is 8.09. The van der Waals surface area contributed by atoms with Gasteiger partial charge in [0.25, 0.3) is 0 Å². The second kappa shape index (κ2) is 2.75. The van der Waals surface area contributed by atoms with Crippen LogP contribution in [0.25, 0.3) is 0 Å². The molecule has 0 aliphatic heterocycles. The van der Waals surface area contributed by atoms with E-state index in [0.717, 1.165) is 18.3 Å². The third kappa shape index (κ3) is 1.23. The van der Waals surface area contributed by atoms with Gasteiger partial charge in [-0.2, -0.15) is 0 Å². The molecule has 0 amide bonds. The zero-order chi connectivity index (χ0) is 8.72. The average Bonchev–Trinajstić information content (AvgIpc) is 2.43. The molecule has 2 fully saturated rings. The Morgan fingerprint density at radius 2 is 2.08 bits per heavy atom. The molecule has 0 unspecified atom stereocenters. The summed E-state index contributed by atoms with van der Waals surface area (Å²) in [6.45, 7) is 3.79. The van der Waals surface area contributed by atoms with Crippen molar-refractivity contribution in [2.24, 2.45) is 17.8 Å². The predicted octanol–water partition coefficient (Wildman–Crippen LogP) is 1.98. The van der Waals surface area contributed by atoms with Gasteiger partial charge in [0.2, 0.25) is 0 Å². The van der Waals surface area contributed by atoms with Gasteiger partial charge >= 0.3 is 5.97 Å². The summed E-state index contributed by atoms with van der Waals surface area (Å²) in [6.07, 6.45) is 4.01. The van der Waals surface area contributed by atoms with Gasteiger partial charge in [0.15, 0.2) is 0 Å². The van der Waals surface area contributed by atoms with Crippen molar-refractivity contribution in [2.75, 3.05) is 0 Å². The van der Waals surface area contributed by atoms with Gasteiger partial charge in [0, 0.05) is 6.92 Å². The molecule has 2 aliphatic rings. The van der Waals surface area contributed by atoms with Crippen LogP contribution in [0, 0.1) is 17.8 Å². The summed E-state index contributed by atoms with van der Waals surface area (Å²) in [5.41, 5.74) is 0. The highest BCUT2D eigenvalue weighted by Crippen LogP contribution is 2.49. The normalized spacial score (nSPS) is 44.8. The lowest BCUT2D eigenvalue weighted by atomic mass is 9.88. The molecule has 0 heterocycles. The average molecular weight is 168 g/mol. The molecular formula is C10H16O2. The van der Waals surface area contributed by atoms with Crippen LogP contribution < -0.4 is 0 Å². The Kier molecular flexibility index (Phi) is 1.85. The van der Waals surface area contributed by atoms with E-state index in [2.05, 4.69) is 6.92 Å². The highest BCUT2D eigenvalue weighted by molar-refractivity contribution is 5.66. The van der Waals surface area contributed by atoms with Crippen LogP contribution in [0.3, 0.4) is 0 Å². The first-order valence-electron chi connectivity index (χ1n) is 4.84. The number of rotatable bonds is 1. The Labute approximate surface area is 73.3 Å². The fourth-order valence-corrected chi connectivity index (χ4v) is 2.98. The van der Waals surface area contributed by atoms with Crippen molar-refractivity contribution >= 4 is 5.97 Å². The molecule has 2 rings (SSSR count). The quantitative estimate of drug-likeness (QED) is 0.560. The molecule has 0 radical (unpaired) electrons. The van der Waals surface area contributed by atoms with Gasteiger partial charge in [-0.3, -0.25) is 4.79 Å². The van der Waals surface area contributed by atoms with E-state index < -0.39 is 0 Å². The molecule has 2 bridgehead atoms. The van der Waals surface area contributed by atoms with E-state index >= 15 is 0 Å². The predicted molar refractivity (Wildman–Crippen MR) is 45.5 cm³/mol. The highest BCUT2D eigenvalue weighted by atomic mass is 16.5. The SMILES string of the molecule is CC(=O)O[C@@H]1C[C@@H]2C[C@H]1[C@H](C)C2. The Balaban J connectivity index is 1.98. The van der Waals surface area contributed by atoms with Crippen molar-refractivity contribution in [3.05, 3.63) is 0 Å². The minimum Gasteiger partial charge on any atom is -0.462 e. The molecule has 0 aromatic heterocycles. The Bertz CT molecular complexity index is 200. The number of esters is 1. The molecule has 2 heteroatoms. The smallest absolute Gasteiger partial charge is 0.302 e. The third-order valence-electron chi connectivity index (χ3n) is 3.40. The summed E-state index contributed by atoms with van der Waals surface area (Å²) >= 11 is 0. The Morgan fingerprint density at radius 3 is 2.58 bits per heavy atom. The second-order valence-corrected chi connectivity index (χ2v) is 4.36. The zero-order valence-corrected chi connectivity index (χ0v) is 7.75. The van der Waals surface area contributed by atoms with Gasteiger partial charge < -0.3 is 4.74 Å². The lowest BCUT2D eigenvalue weighted by Gasteiger charge is -2.26. The van der Waals surface area contributed by atoms with Crippen LogP contribution in [0.15, 0.2) is 0 Å². The molecule has 2 saturated carbocycles. The topological polar surface area (TPSA) is 26.3 Å². The number of hydrogen-bond donors (Lipinski definition) is 0. The molecule has 0 N–H and O–H groups in total. The van der Waals surface area contributed by atoms with E-state index in [1.807, 2.05) is 0 Å². The highest BCUT2D eigenvalue weighted by Gasteiger charge is 2.45. The number of ether oxygens (including phenoxy) is 1. The van der Waals surface area contributed by atoms with Gasteiger partial charge in [0.1, 0.15) is 6.10 Å². The molecule has 0 aromatic rings. The summed E-state index contributed by atoms with van der Waals surface area (Å²) in [6, 6.07) is 0. The van der Waals surface area contributed by atoms with Crippen LogP contribution in [0.2, 0.25) is 0 Å². The molecule has 0 aromatic carbocycles. The van der Waals surface area contributed by atoms with Crippen molar-refractivity contribution in [1.29, 1.82) is 0 Å². The first-order valence-corrected chi connectivity index (χ1v) is 4.84. The van der Waals surface area contributed by atoms with Crippen molar-refractivity contribution < 1.29 is 9.53 Å². The minimum absolute atomic E-state index is 0.111. The van der Waals surface area contributed by atoms with Crippen LogP contribution in [0.5, 0.6) is 0 Å². The van der Waals surface area contributed by atoms with Gasteiger partial charge in [-0.1, -0.05) is 6.92 Å². The molecule has 0 spiro atoms. The van der Waals surface area contributed by atoms with Crippen LogP contribution in [0.1, 0.15) is 33.1 Å². The van der Waals surface area contributed by atoms with E-state index in [9.17, 15) is 4.79 Å². The maximum Gasteiger partial charge on any atom is 0.302 e. The monoisotopic (exact) mass is 168 g/mol. The van der Waals surface area contributed by atoms with Crippen molar-refractivity contribution in [2.45, 2.75) is 39.2 Å². The van der Waals surface area contributed by atoms with Crippen LogP contribution in [0.4, 0.5) is 0 Å². The number of fused-ring (bicyclic) bond motifs is 2. The molecule has 2 aliphatic carbocycles. The zero-order valence-electron chi connectivity index (χ0n) is 7.75. The van der Waals surface area contributed by atoms with Gasteiger partial charge in [-0.05, 0) is 37.0 Å². The summed E-state index contributed by atoms with van der Waals surface area (Å²) in [5.74, 6) is 2.17. The molecular weight excluding hydrogens is 152 g/mol. The standard InChI is InChI=1S/C10H16O2/c1-6-3-8-4-9(6)10(5-8)12-7(2)11/h6,8-10H,3-5H2,1-2H3/t6-,8+,9+,10-/m1/s1. The van der Waals surface area contributed by atoms with E-state index in [4.69, 9.17) is 4.74 Å². The maximum atomic E-state index is 10.8. The minimum atomic E-state index is -0.111. The van der Waals surface area contributed by atoms with Crippen LogP contribution >= 0.6 is 0 Å². The maximum absolute atomic E-state index is 10.8. The second-order valence-electron chi connectivity index (χ2n) is 4.36. The van der Waals surface area contributed by atoms with Gasteiger partial charge in [0.05, 0.1) is 0 Å².